The van der Waals surface area contributed by atoms with Crippen LogP contribution in [0, 0.1) is 0 Å². The Morgan fingerprint density at radius 2 is 1.53 bits per heavy atom. The lowest BCUT2D eigenvalue weighted by Gasteiger charge is -2.16. The summed E-state index contributed by atoms with van der Waals surface area (Å²) in [5.74, 6) is 2.66. The Bertz CT molecular complexity index is 1330. The third-order valence-electron chi connectivity index (χ3n) is 5.24. The van der Waals surface area contributed by atoms with Gasteiger partial charge in [-0.3, -0.25) is 4.79 Å². The van der Waals surface area contributed by atoms with Gasteiger partial charge in [0.25, 0.3) is 5.91 Å². The van der Waals surface area contributed by atoms with Gasteiger partial charge < -0.3 is 24.3 Å². The minimum absolute atomic E-state index is 0.191. The molecular formula is C29H26ClNO5. The molecule has 4 aromatic carbocycles. The van der Waals surface area contributed by atoms with E-state index in [9.17, 15) is 4.79 Å². The molecule has 0 atom stereocenters. The summed E-state index contributed by atoms with van der Waals surface area (Å²) in [5, 5.41) is 3.38. The number of carbonyl (C=O) groups excluding carboxylic acids is 1. The highest BCUT2D eigenvalue weighted by Crippen LogP contribution is 2.33. The van der Waals surface area contributed by atoms with E-state index in [1.807, 2.05) is 61.5 Å². The molecule has 36 heavy (non-hydrogen) atoms. The van der Waals surface area contributed by atoms with Crippen LogP contribution in [-0.4, -0.2) is 19.6 Å². The molecule has 0 aliphatic rings. The zero-order chi connectivity index (χ0) is 25.3. The van der Waals surface area contributed by atoms with Crippen LogP contribution in [0.15, 0.2) is 91.0 Å². The van der Waals surface area contributed by atoms with E-state index in [-0.39, 0.29) is 12.5 Å². The quantitative estimate of drug-likeness (QED) is 0.245. The van der Waals surface area contributed by atoms with Gasteiger partial charge in [-0.05, 0) is 67.6 Å². The van der Waals surface area contributed by atoms with Crippen LogP contribution in [0.4, 0.5) is 5.69 Å². The highest BCUT2D eigenvalue weighted by atomic mass is 35.5. The van der Waals surface area contributed by atoms with E-state index in [1.54, 1.807) is 43.5 Å². The van der Waals surface area contributed by atoms with Crippen molar-refractivity contribution in [3.8, 4) is 28.7 Å². The summed E-state index contributed by atoms with van der Waals surface area (Å²) >= 11 is 6.20. The number of anilines is 1. The fourth-order valence-corrected chi connectivity index (χ4v) is 3.69. The molecule has 0 radical (unpaired) electrons. The summed E-state index contributed by atoms with van der Waals surface area (Å²) in [6, 6.07) is 27.0. The second-order valence-electron chi connectivity index (χ2n) is 7.70. The van der Waals surface area contributed by atoms with Crippen molar-refractivity contribution in [3.63, 3.8) is 0 Å². The van der Waals surface area contributed by atoms with Crippen molar-refractivity contribution in [1.29, 1.82) is 0 Å². The van der Waals surface area contributed by atoms with Crippen LogP contribution >= 0.6 is 11.6 Å². The van der Waals surface area contributed by atoms with E-state index < -0.39 is 0 Å². The van der Waals surface area contributed by atoms with Crippen molar-refractivity contribution in [2.24, 2.45) is 0 Å². The molecule has 0 aliphatic carbocycles. The third kappa shape index (κ3) is 6.29. The second-order valence-corrected chi connectivity index (χ2v) is 8.14. The normalized spacial score (nSPS) is 10.4. The highest BCUT2D eigenvalue weighted by molar-refractivity contribution is 6.31. The third-order valence-corrected chi connectivity index (χ3v) is 5.47. The molecule has 1 amide bonds. The first kappa shape index (κ1) is 24.9. The molecule has 184 valence electrons. The number of ether oxygens (including phenoxy) is 4. The minimum atomic E-state index is -0.322. The van der Waals surface area contributed by atoms with Crippen molar-refractivity contribution >= 4 is 23.2 Å². The van der Waals surface area contributed by atoms with Crippen molar-refractivity contribution in [2.45, 2.75) is 13.5 Å². The molecule has 4 aromatic rings. The van der Waals surface area contributed by atoms with Crippen molar-refractivity contribution in [2.75, 3.05) is 19.0 Å². The van der Waals surface area contributed by atoms with E-state index >= 15 is 0 Å². The molecule has 0 heterocycles. The Balaban J connectivity index is 1.56. The Morgan fingerprint density at radius 3 is 2.28 bits per heavy atom. The Kier molecular flexibility index (Phi) is 8.32. The van der Waals surface area contributed by atoms with Crippen molar-refractivity contribution in [1.82, 2.24) is 0 Å². The average Bonchev–Trinajstić information content (AvgIpc) is 2.90. The first-order valence-electron chi connectivity index (χ1n) is 11.4. The first-order chi connectivity index (χ1) is 17.6. The molecule has 0 fully saturated rings. The summed E-state index contributed by atoms with van der Waals surface area (Å²) in [6.45, 7) is 2.57. The summed E-state index contributed by atoms with van der Waals surface area (Å²) in [4.78, 5) is 13.2. The van der Waals surface area contributed by atoms with Crippen LogP contribution in [0.2, 0.25) is 5.02 Å². The van der Waals surface area contributed by atoms with E-state index in [4.69, 9.17) is 30.5 Å². The smallest absolute Gasteiger partial charge is 0.255 e. The highest BCUT2D eigenvalue weighted by Gasteiger charge is 2.15. The molecule has 0 aromatic heterocycles. The largest absolute Gasteiger partial charge is 0.493 e. The Hall–Kier alpha value is -4.16. The lowest BCUT2D eigenvalue weighted by atomic mass is 10.1. The monoisotopic (exact) mass is 503 g/mol. The molecule has 6 nitrogen and oxygen atoms in total. The van der Waals surface area contributed by atoms with E-state index in [1.165, 1.54) is 0 Å². The standard InChI is InChI=1S/C29H26ClNO5/c1-3-34-25-15-13-20(17-21(25)19-35-28-12-8-7-11-27(28)33-2)29(32)31-24-18-22(30)14-16-26(24)36-23-9-5-4-6-10-23/h4-18H,3,19H2,1-2H3,(H,31,32). The number of hydrogen-bond donors (Lipinski definition) is 1. The number of halogens is 1. The van der Waals surface area contributed by atoms with Gasteiger partial charge in [-0.2, -0.15) is 0 Å². The van der Waals surface area contributed by atoms with Gasteiger partial charge in [0.15, 0.2) is 17.2 Å². The SMILES string of the molecule is CCOc1ccc(C(=O)Nc2cc(Cl)ccc2Oc2ccccc2)cc1COc1ccccc1OC. The zero-order valence-corrected chi connectivity index (χ0v) is 20.7. The molecule has 0 saturated heterocycles. The minimum Gasteiger partial charge on any atom is -0.493 e. The van der Waals surface area contributed by atoms with E-state index in [2.05, 4.69) is 5.32 Å². The van der Waals surface area contributed by atoms with Crippen LogP contribution in [-0.2, 0) is 6.61 Å². The van der Waals surface area contributed by atoms with E-state index in [0.717, 1.165) is 5.56 Å². The van der Waals surface area contributed by atoms with Crippen LogP contribution in [0.1, 0.15) is 22.8 Å². The predicted octanol–water partition coefficient (Wildman–Crippen LogP) is 7.37. The fourth-order valence-electron chi connectivity index (χ4n) is 3.52. The van der Waals surface area contributed by atoms with Crippen molar-refractivity contribution < 1.29 is 23.7 Å². The molecule has 1 N–H and O–H groups in total. The summed E-state index contributed by atoms with van der Waals surface area (Å²) in [6.07, 6.45) is 0. The number of hydrogen-bond acceptors (Lipinski definition) is 5. The predicted molar refractivity (Wildman–Crippen MR) is 141 cm³/mol. The van der Waals surface area contributed by atoms with Gasteiger partial charge in [-0.15, -0.1) is 0 Å². The van der Waals surface area contributed by atoms with Crippen LogP contribution in [0.3, 0.4) is 0 Å². The summed E-state index contributed by atoms with van der Waals surface area (Å²) in [7, 11) is 1.59. The fraction of sp³-hybridized carbons (Fsp3) is 0.138. The Morgan fingerprint density at radius 1 is 0.806 bits per heavy atom. The zero-order valence-electron chi connectivity index (χ0n) is 20.0. The van der Waals surface area contributed by atoms with Crippen LogP contribution in [0.25, 0.3) is 0 Å². The molecular weight excluding hydrogens is 478 g/mol. The maximum Gasteiger partial charge on any atom is 0.255 e. The van der Waals surface area contributed by atoms with Gasteiger partial charge in [-0.25, -0.2) is 0 Å². The Labute approximate surface area is 215 Å². The number of benzene rings is 4. The van der Waals surface area contributed by atoms with Gasteiger partial charge in [0.2, 0.25) is 0 Å². The number of carbonyl (C=O) groups is 1. The first-order valence-corrected chi connectivity index (χ1v) is 11.8. The number of amides is 1. The van der Waals surface area contributed by atoms with Crippen molar-refractivity contribution in [3.05, 3.63) is 107 Å². The summed E-state index contributed by atoms with van der Waals surface area (Å²) in [5.41, 5.74) is 1.61. The molecule has 0 aliphatic heterocycles. The maximum absolute atomic E-state index is 13.2. The van der Waals surface area contributed by atoms with E-state index in [0.29, 0.717) is 51.6 Å². The van der Waals surface area contributed by atoms with Crippen LogP contribution < -0.4 is 24.3 Å². The number of nitrogens with one attached hydrogen (secondary N) is 1. The topological polar surface area (TPSA) is 66.0 Å². The molecule has 0 spiro atoms. The molecule has 0 unspecified atom stereocenters. The van der Waals surface area contributed by atoms with Gasteiger partial charge in [-0.1, -0.05) is 41.9 Å². The molecule has 0 saturated carbocycles. The average molecular weight is 504 g/mol. The lowest BCUT2D eigenvalue weighted by Crippen LogP contribution is -2.14. The number of methoxy groups -OCH3 is 1. The lowest BCUT2D eigenvalue weighted by molar-refractivity contribution is 0.102. The number of rotatable bonds is 10. The van der Waals surface area contributed by atoms with Gasteiger partial charge >= 0.3 is 0 Å². The van der Waals surface area contributed by atoms with Gasteiger partial charge in [0, 0.05) is 16.1 Å². The maximum atomic E-state index is 13.2. The number of para-hydroxylation sites is 3. The van der Waals surface area contributed by atoms with Gasteiger partial charge in [0.05, 0.1) is 19.4 Å². The molecule has 7 heteroatoms. The second kappa shape index (κ2) is 12.0. The van der Waals surface area contributed by atoms with Crippen LogP contribution in [0.5, 0.6) is 28.7 Å². The van der Waals surface area contributed by atoms with Gasteiger partial charge in [0.1, 0.15) is 18.1 Å². The molecule has 0 bridgehead atoms. The summed E-state index contributed by atoms with van der Waals surface area (Å²) < 4.78 is 23.1. The molecule has 4 rings (SSSR count).